The van der Waals surface area contributed by atoms with Gasteiger partial charge in [0.1, 0.15) is 0 Å². The van der Waals surface area contributed by atoms with Crippen molar-refractivity contribution in [2.75, 3.05) is 6.16 Å². The van der Waals surface area contributed by atoms with Crippen molar-refractivity contribution in [3.05, 3.63) is 0 Å². The lowest BCUT2D eigenvalue weighted by Crippen LogP contribution is -2.31. The largest absolute Gasteiger partial charge is 0.457 e. The Labute approximate surface area is 82.0 Å². The first kappa shape index (κ1) is 14.1. The summed E-state index contributed by atoms with van der Waals surface area (Å²) < 4.78 is 59.7. The van der Waals surface area contributed by atoms with Crippen LogP contribution in [0.5, 0.6) is 0 Å². The molecular formula is C8H14F5P. The Balaban J connectivity index is 3.67. The highest BCUT2D eigenvalue weighted by atomic mass is 31.1. The van der Waals surface area contributed by atoms with Crippen LogP contribution in [-0.4, -0.2) is 18.0 Å². The van der Waals surface area contributed by atoms with E-state index in [1.54, 1.807) is 0 Å². The first-order valence-corrected chi connectivity index (χ1v) is 5.71. The van der Waals surface area contributed by atoms with Crippen molar-refractivity contribution in [1.29, 1.82) is 0 Å². The number of unbranched alkanes of at least 4 members (excludes halogenated alkanes) is 3. The van der Waals surface area contributed by atoms with Crippen LogP contribution in [0.15, 0.2) is 0 Å². The third-order valence-corrected chi connectivity index (χ3v) is 3.06. The summed E-state index contributed by atoms with van der Waals surface area (Å²) in [4.78, 5) is 0. The van der Waals surface area contributed by atoms with Crippen LogP contribution in [0.1, 0.15) is 32.6 Å². The number of alkyl halides is 5. The Morgan fingerprint density at radius 3 is 1.93 bits per heavy atom. The highest BCUT2D eigenvalue weighted by Crippen LogP contribution is 2.48. The molecule has 1 atom stereocenters. The normalized spacial score (nSPS) is 14.1. The fourth-order valence-corrected chi connectivity index (χ4v) is 1.84. The van der Waals surface area contributed by atoms with Gasteiger partial charge >= 0.3 is 11.8 Å². The smallest absolute Gasteiger partial charge is 0.192 e. The van der Waals surface area contributed by atoms with Crippen LogP contribution in [0.2, 0.25) is 0 Å². The summed E-state index contributed by atoms with van der Waals surface area (Å²) in [6, 6.07) is 0. The SMILES string of the molecule is CCCCCCPC(F)(F)C(F)(F)F. The highest BCUT2D eigenvalue weighted by Gasteiger charge is 2.56. The van der Waals surface area contributed by atoms with Gasteiger partial charge in [-0.2, -0.15) is 22.0 Å². The lowest BCUT2D eigenvalue weighted by Gasteiger charge is -2.19. The molecule has 0 aliphatic rings. The Morgan fingerprint density at radius 1 is 0.929 bits per heavy atom. The van der Waals surface area contributed by atoms with Gasteiger partial charge in [0.2, 0.25) is 0 Å². The summed E-state index contributed by atoms with van der Waals surface area (Å²) in [7, 11) is -1.34. The molecule has 86 valence electrons. The van der Waals surface area contributed by atoms with Gasteiger partial charge in [0.25, 0.3) is 0 Å². The molecule has 0 aliphatic heterocycles. The van der Waals surface area contributed by atoms with Gasteiger partial charge in [-0.1, -0.05) is 26.2 Å². The van der Waals surface area contributed by atoms with Crippen molar-refractivity contribution < 1.29 is 22.0 Å². The number of halogens is 5. The average molecular weight is 236 g/mol. The molecule has 0 bridgehead atoms. The van der Waals surface area contributed by atoms with E-state index in [1.807, 2.05) is 6.92 Å². The summed E-state index contributed by atoms with van der Waals surface area (Å²) in [6.45, 7) is 1.95. The molecule has 14 heavy (non-hydrogen) atoms. The zero-order valence-corrected chi connectivity index (χ0v) is 8.93. The average Bonchev–Trinajstić information content (AvgIpc) is 2.02. The fourth-order valence-electron chi connectivity index (χ4n) is 0.897. The molecule has 0 aromatic carbocycles. The van der Waals surface area contributed by atoms with Crippen LogP contribution in [-0.2, 0) is 0 Å². The minimum atomic E-state index is -5.38. The molecule has 0 aromatic heterocycles. The molecule has 0 fully saturated rings. The molecule has 0 amide bonds. The number of hydrogen-bond acceptors (Lipinski definition) is 0. The molecular weight excluding hydrogens is 222 g/mol. The quantitative estimate of drug-likeness (QED) is 0.364. The lowest BCUT2D eigenvalue weighted by atomic mass is 10.2. The van der Waals surface area contributed by atoms with Gasteiger partial charge in [-0.05, 0) is 21.2 Å². The summed E-state index contributed by atoms with van der Waals surface area (Å²) in [5, 5.41) is 0. The third-order valence-electron chi connectivity index (χ3n) is 1.73. The Hall–Kier alpha value is 0.0800. The predicted molar refractivity (Wildman–Crippen MR) is 48.3 cm³/mol. The van der Waals surface area contributed by atoms with E-state index in [1.165, 1.54) is 0 Å². The number of hydrogen-bond donors (Lipinski definition) is 0. The molecule has 0 rings (SSSR count). The molecule has 6 heteroatoms. The third kappa shape index (κ3) is 5.08. The van der Waals surface area contributed by atoms with Crippen molar-refractivity contribution >= 4 is 8.58 Å². The maximum atomic E-state index is 12.3. The van der Waals surface area contributed by atoms with Crippen LogP contribution in [0.4, 0.5) is 22.0 Å². The molecule has 0 N–H and O–H groups in total. The van der Waals surface area contributed by atoms with Crippen molar-refractivity contribution in [3.63, 3.8) is 0 Å². The predicted octanol–water partition coefficient (Wildman–Crippen LogP) is 4.40. The van der Waals surface area contributed by atoms with Crippen molar-refractivity contribution in [2.24, 2.45) is 0 Å². The second-order valence-electron chi connectivity index (χ2n) is 3.06. The van der Waals surface area contributed by atoms with Crippen molar-refractivity contribution in [3.8, 4) is 0 Å². The zero-order chi connectivity index (χ0) is 11.2. The molecule has 0 aliphatic carbocycles. The van der Waals surface area contributed by atoms with Gasteiger partial charge < -0.3 is 0 Å². The van der Waals surface area contributed by atoms with Crippen LogP contribution >= 0.6 is 8.58 Å². The van der Waals surface area contributed by atoms with E-state index in [4.69, 9.17) is 0 Å². The first-order valence-electron chi connectivity index (χ1n) is 4.51. The summed E-state index contributed by atoms with van der Waals surface area (Å²) in [5.41, 5.74) is -4.49. The van der Waals surface area contributed by atoms with E-state index < -0.39 is 20.4 Å². The number of rotatable bonds is 6. The molecule has 0 heterocycles. The van der Waals surface area contributed by atoms with Gasteiger partial charge in [-0.3, -0.25) is 0 Å². The summed E-state index contributed by atoms with van der Waals surface area (Å²) in [6.07, 6.45) is -2.39. The second-order valence-corrected chi connectivity index (χ2v) is 4.54. The molecule has 0 spiro atoms. The van der Waals surface area contributed by atoms with E-state index in [9.17, 15) is 22.0 Å². The van der Waals surface area contributed by atoms with E-state index in [0.717, 1.165) is 19.3 Å². The standard InChI is InChI=1S/C8H14F5P/c1-2-3-4-5-6-14-8(12,13)7(9,10)11/h14H,2-6H2,1H3. The first-order chi connectivity index (χ1) is 6.31. The molecule has 0 saturated heterocycles. The fraction of sp³-hybridized carbons (Fsp3) is 1.00. The molecule has 0 aromatic rings. The van der Waals surface area contributed by atoms with Crippen LogP contribution in [0.25, 0.3) is 0 Å². The summed E-state index contributed by atoms with van der Waals surface area (Å²) in [5.74, 6) is 0. The molecule has 1 unspecified atom stereocenters. The maximum Gasteiger partial charge on any atom is 0.457 e. The second kappa shape index (κ2) is 5.84. The molecule has 0 nitrogen and oxygen atoms in total. The molecule has 0 saturated carbocycles. The zero-order valence-electron chi connectivity index (χ0n) is 7.93. The summed E-state index contributed by atoms with van der Waals surface area (Å²) >= 11 is 0. The van der Waals surface area contributed by atoms with Crippen molar-refractivity contribution in [1.82, 2.24) is 0 Å². The van der Waals surface area contributed by atoms with E-state index in [0.29, 0.717) is 6.42 Å². The van der Waals surface area contributed by atoms with Crippen LogP contribution < -0.4 is 0 Å². The van der Waals surface area contributed by atoms with Crippen LogP contribution in [0, 0.1) is 0 Å². The van der Waals surface area contributed by atoms with Crippen molar-refractivity contribution in [2.45, 2.75) is 44.4 Å². The maximum absolute atomic E-state index is 12.3. The van der Waals surface area contributed by atoms with Crippen LogP contribution in [0.3, 0.4) is 0 Å². The minimum absolute atomic E-state index is 0.0352. The minimum Gasteiger partial charge on any atom is -0.192 e. The highest BCUT2D eigenvalue weighted by molar-refractivity contribution is 7.39. The Kier molecular flexibility index (Phi) is 5.87. The Bertz CT molecular complexity index is 154. The van der Waals surface area contributed by atoms with Gasteiger partial charge in [-0.15, -0.1) is 0 Å². The molecule has 0 radical (unpaired) electrons. The van der Waals surface area contributed by atoms with E-state index in [-0.39, 0.29) is 6.16 Å². The lowest BCUT2D eigenvalue weighted by molar-refractivity contribution is -0.239. The van der Waals surface area contributed by atoms with Gasteiger partial charge in [0.05, 0.1) is 0 Å². The monoisotopic (exact) mass is 236 g/mol. The van der Waals surface area contributed by atoms with E-state index in [2.05, 4.69) is 0 Å². The van der Waals surface area contributed by atoms with Gasteiger partial charge in [-0.25, -0.2) is 0 Å². The van der Waals surface area contributed by atoms with Gasteiger partial charge in [0, 0.05) is 0 Å². The Morgan fingerprint density at radius 2 is 1.50 bits per heavy atom. The van der Waals surface area contributed by atoms with E-state index >= 15 is 0 Å². The topological polar surface area (TPSA) is 0 Å². The van der Waals surface area contributed by atoms with Gasteiger partial charge in [0.15, 0.2) is 0 Å².